The van der Waals surface area contributed by atoms with E-state index in [1.807, 2.05) is 54.6 Å². The molecule has 1 spiro atoms. The van der Waals surface area contributed by atoms with Gasteiger partial charge in [0.25, 0.3) is 0 Å². The third kappa shape index (κ3) is 5.33. The van der Waals surface area contributed by atoms with E-state index in [0.29, 0.717) is 17.5 Å². The van der Waals surface area contributed by atoms with Gasteiger partial charge in [0, 0.05) is 33.2 Å². The second kappa shape index (κ2) is 13.8. The molecule has 0 saturated carbocycles. The van der Waals surface area contributed by atoms with Gasteiger partial charge in [0.1, 0.15) is 11.2 Å². The van der Waals surface area contributed by atoms with Crippen LogP contribution in [0.1, 0.15) is 22.3 Å². The molecule has 2 aromatic heterocycles. The van der Waals surface area contributed by atoms with Crippen molar-refractivity contribution < 1.29 is 4.42 Å². The molecule has 63 heavy (non-hydrogen) atoms. The van der Waals surface area contributed by atoms with Gasteiger partial charge in [-0.15, -0.1) is 0 Å². The summed E-state index contributed by atoms with van der Waals surface area (Å²) in [6, 6.07) is 77.7. The van der Waals surface area contributed by atoms with E-state index in [4.69, 9.17) is 19.4 Å². The number of hydrogen-bond donors (Lipinski definition) is 0. The molecule has 0 fully saturated rings. The average molecular weight is 805 g/mol. The largest absolute Gasteiger partial charge is 0.456 e. The molecule has 0 saturated heterocycles. The van der Waals surface area contributed by atoms with Gasteiger partial charge in [-0.3, -0.25) is 0 Å². The lowest BCUT2D eigenvalue weighted by atomic mass is 9.64. The lowest BCUT2D eigenvalue weighted by molar-refractivity contribution is 0.669. The lowest BCUT2D eigenvalue weighted by Crippen LogP contribution is -2.36. The SMILES string of the molecule is c1ccc(-c2nc(-c3ccc(-c4ccc5c(c4)-c4ccccc4C54c5ccccc5N(c5ccccc5)c5ccccc54)cc3)nc(-c3ccc4c(c3)oc3ccccc34)n2)cc1. The van der Waals surface area contributed by atoms with Gasteiger partial charge in [-0.2, -0.15) is 0 Å². The molecule has 0 unspecified atom stereocenters. The van der Waals surface area contributed by atoms with Crippen LogP contribution in [0.15, 0.2) is 223 Å². The molecule has 9 aromatic carbocycles. The van der Waals surface area contributed by atoms with E-state index in [9.17, 15) is 0 Å². The van der Waals surface area contributed by atoms with E-state index in [2.05, 4.69) is 169 Å². The monoisotopic (exact) mass is 804 g/mol. The molecule has 2 aliphatic rings. The number of rotatable bonds is 5. The predicted octanol–water partition coefficient (Wildman–Crippen LogP) is 14.6. The first-order valence-electron chi connectivity index (χ1n) is 21.3. The van der Waals surface area contributed by atoms with Crippen molar-refractivity contribution in [1.29, 1.82) is 0 Å². The summed E-state index contributed by atoms with van der Waals surface area (Å²) in [6.45, 7) is 0. The van der Waals surface area contributed by atoms with Gasteiger partial charge in [0.05, 0.1) is 16.8 Å². The van der Waals surface area contributed by atoms with E-state index in [1.54, 1.807) is 0 Å². The first-order chi connectivity index (χ1) is 31.2. The Bertz CT molecular complexity index is 3530. The zero-order chi connectivity index (χ0) is 41.5. The highest BCUT2D eigenvalue weighted by molar-refractivity contribution is 6.06. The van der Waals surface area contributed by atoms with Crippen molar-refractivity contribution in [2.45, 2.75) is 5.41 Å². The number of hydrogen-bond acceptors (Lipinski definition) is 5. The van der Waals surface area contributed by atoms with Crippen LogP contribution in [0.5, 0.6) is 0 Å². The topological polar surface area (TPSA) is 55.1 Å². The van der Waals surface area contributed by atoms with Crippen molar-refractivity contribution in [3.05, 3.63) is 241 Å². The molecule has 0 atom stereocenters. The molecule has 0 amide bonds. The number of anilines is 3. The number of fused-ring (bicyclic) bond motifs is 12. The van der Waals surface area contributed by atoms with E-state index in [0.717, 1.165) is 55.4 Å². The van der Waals surface area contributed by atoms with Crippen molar-refractivity contribution in [1.82, 2.24) is 15.0 Å². The second-order valence-electron chi connectivity index (χ2n) is 16.3. The highest BCUT2D eigenvalue weighted by Gasteiger charge is 2.51. The van der Waals surface area contributed by atoms with Crippen LogP contribution in [-0.4, -0.2) is 15.0 Å². The molecule has 294 valence electrons. The van der Waals surface area contributed by atoms with E-state index in [1.165, 1.54) is 44.8 Å². The standard InChI is InChI=1S/C58H36N4O/c1-3-15-38(16-4-1)55-59-56(61-57(60-55)41-31-33-45-44-20-8-14-26-53(44)63-54(45)36-41)39-29-27-37(28-30-39)40-32-34-48-46(35-40)43-19-7-9-21-47(43)58(48)49-22-10-12-24-51(49)62(42-17-5-2-6-18-42)52-25-13-11-23-50(52)58/h1-36H. The highest BCUT2D eigenvalue weighted by Crippen LogP contribution is 2.63. The van der Waals surface area contributed by atoms with Crippen LogP contribution in [-0.2, 0) is 5.41 Å². The van der Waals surface area contributed by atoms with Gasteiger partial charge in [0.2, 0.25) is 0 Å². The first kappa shape index (κ1) is 35.4. The van der Waals surface area contributed by atoms with Crippen molar-refractivity contribution in [3.8, 4) is 56.4 Å². The van der Waals surface area contributed by atoms with Crippen LogP contribution in [0.25, 0.3) is 78.4 Å². The third-order valence-corrected chi connectivity index (χ3v) is 12.9. The molecule has 13 rings (SSSR count). The summed E-state index contributed by atoms with van der Waals surface area (Å²) in [7, 11) is 0. The summed E-state index contributed by atoms with van der Waals surface area (Å²) in [5, 5.41) is 2.16. The number of nitrogens with zero attached hydrogens (tertiary/aromatic N) is 4. The smallest absolute Gasteiger partial charge is 0.164 e. The van der Waals surface area contributed by atoms with Gasteiger partial charge in [0.15, 0.2) is 17.5 Å². The van der Waals surface area contributed by atoms with E-state index < -0.39 is 5.41 Å². The molecule has 11 aromatic rings. The maximum atomic E-state index is 6.26. The maximum absolute atomic E-state index is 6.26. The Labute approximate surface area is 364 Å². The van der Waals surface area contributed by atoms with Gasteiger partial charge in [-0.1, -0.05) is 170 Å². The average Bonchev–Trinajstić information content (AvgIpc) is 3.88. The highest BCUT2D eigenvalue weighted by atomic mass is 16.3. The minimum absolute atomic E-state index is 0.491. The van der Waals surface area contributed by atoms with Crippen molar-refractivity contribution in [2.75, 3.05) is 4.90 Å². The molecular weight excluding hydrogens is 769 g/mol. The van der Waals surface area contributed by atoms with E-state index in [-0.39, 0.29) is 0 Å². The predicted molar refractivity (Wildman–Crippen MR) is 254 cm³/mol. The van der Waals surface area contributed by atoms with Crippen LogP contribution in [0.4, 0.5) is 17.1 Å². The van der Waals surface area contributed by atoms with Crippen LogP contribution in [0, 0.1) is 0 Å². The van der Waals surface area contributed by atoms with Gasteiger partial charge >= 0.3 is 0 Å². The number of furan rings is 1. The molecule has 5 heteroatoms. The van der Waals surface area contributed by atoms with Crippen LogP contribution >= 0.6 is 0 Å². The Kier molecular flexibility index (Phi) is 7.75. The summed E-state index contributed by atoms with van der Waals surface area (Å²) >= 11 is 0. The van der Waals surface area contributed by atoms with Gasteiger partial charge < -0.3 is 9.32 Å². The fourth-order valence-corrected chi connectivity index (χ4v) is 10.2. The fourth-order valence-electron chi connectivity index (χ4n) is 10.2. The van der Waals surface area contributed by atoms with Gasteiger partial charge in [-0.05, 0) is 93.0 Å². The lowest BCUT2D eigenvalue weighted by Gasteiger charge is -2.45. The Balaban J connectivity index is 0.919. The number of aromatic nitrogens is 3. The summed E-state index contributed by atoms with van der Waals surface area (Å²) in [4.78, 5) is 17.5. The first-order valence-corrected chi connectivity index (χ1v) is 21.3. The Morgan fingerprint density at radius 2 is 0.841 bits per heavy atom. The van der Waals surface area contributed by atoms with Crippen molar-refractivity contribution >= 4 is 39.0 Å². The zero-order valence-corrected chi connectivity index (χ0v) is 34.0. The summed E-state index contributed by atoms with van der Waals surface area (Å²) in [5.41, 5.74) is 17.3. The summed E-state index contributed by atoms with van der Waals surface area (Å²) in [6.07, 6.45) is 0. The molecule has 1 aliphatic heterocycles. The molecule has 5 nitrogen and oxygen atoms in total. The molecule has 0 radical (unpaired) electrons. The van der Waals surface area contributed by atoms with Gasteiger partial charge in [-0.25, -0.2) is 15.0 Å². The molecule has 3 heterocycles. The Morgan fingerprint density at radius 1 is 0.333 bits per heavy atom. The molecule has 0 N–H and O–H groups in total. The van der Waals surface area contributed by atoms with Crippen LogP contribution in [0.3, 0.4) is 0 Å². The zero-order valence-electron chi connectivity index (χ0n) is 34.0. The Morgan fingerprint density at radius 3 is 1.57 bits per heavy atom. The Hall–Kier alpha value is -8.41. The minimum Gasteiger partial charge on any atom is -0.456 e. The number of para-hydroxylation sites is 4. The van der Waals surface area contributed by atoms with Crippen LogP contribution < -0.4 is 4.90 Å². The summed E-state index contributed by atoms with van der Waals surface area (Å²) in [5.74, 6) is 1.82. The molecular formula is C58H36N4O. The van der Waals surface area contributed by atoms with Crippen molar-refractivity contribution in [2.24, 2.45) is 0 Å². The second-order valence-corrected chi connectivity index (χ2v) is 16.3. The fraction of sp³-hybridized carbons (Fsp3) is 0.0172. The molecule has 0 bridgehead atoms. The molecule has 1 aliphatic carbocycles. The quantitative estimate of drug-likeness (QED) is 0.173. The summed E-state index contributed by atoms with van der Waals surface area (Å²) < 4.78 is 6.26. The van der Waals surface area contributed by atoms with Crippen molar-refractivity contribution in [3.63, 3.8) is 0 Å². The number of benzene rings is 9. The van der Waals surface area contributed by atoms with Crippen LogP contribution in [0.2, 0.25) is 0 Å². The maximum Gasteiger partial charge on any atom is 0.164 e. The van der Waals surface area contributed by atoms with E-state index >= 15 is 0 Å². The minimum atomic E-state index is -0.491. The third-order valence-electron chi connectivity index (χ3n) is 12.9. The normalized spacial score (nSPS) is 13.2.